The number of hydrogen-bond acceptors (Lipinski definition) is 2. The highest BCUT2D eigenvalue weighted by Gasteiger charge is 2.13. The van der Waals surface area contributed by atoms with Crippen molar-refractivity contribution in [1.82, 2.24) is 5.32 Å². The summed E-state index contributed by atoms with van der Waals surface area (Å²) in [5.74, 6) is 0.511. The van der Waals surface area contributed by atoms with Gasteiger partial charge in [-0.3, -0.25) is 0 Å². The van der Waals surface area contributed by atoms with Gasteiger partial charge in [0.25, 0.3) is 0 Å². The van der Waals surface area contributed by atoms with Crippen LogP contribution in [0.3, 0.4) is 0 Å². The molecule has 0 saturated carbocycles. The van der Waals surface area contributed by atoms with Gasteiger partial charge in [0.05, 0.1) is 0 Å². The standard InChI is InChI=1S/C15H24BrNO/c1-3-10-18-11-9-13(12-17-4-2)14-7-5-6-8-15(14)16/h5-8,13,17H,3-4,9-12H2,1-2H3. The number of hydrogen-bond donors (Lipinski definition) is 1. The first kappa shape index (κ1) is 15.7. The fourth-order valence-electron chi connectivity index (χ4n) is 1.96. The van der Waals surface area contributed by atoms with Gasteiger partial charge in [0.2, 0.25) is 0 Å². The molecule has 0 saturated heterocycles. The zero-order chi connectivity index (χ0) is 13.2. The second-order valence-electron chi connectivity index (χ2n) is 4.43. The molecule has 102 valence electrons. The van der Waals surface area contributed by atoms with E-state index in [1.165, 1.54) is 10.0 Å². The third kappa shape index (κ3) is 5.51. The van der Waals surface area contributed by atoms with Crippen molar-refractivity contribution in [3.8, 4) is 0 Å². The summed E-state index contributed by atoms with van der Waals surface area (Å²) < 4.78 is 6.81. The average Bonchev–Trinajstić information content (AvgIpc) is 2.39. The summed E-state index contributed by atoms with van der Waals surface area (Å²) in [7, 11) is 0. The Labute approximate surface area is 119 Å². The van der Waals surface area contributed by atoms with Gasteiger partial charge in [0.15, 0.2) is 0 Å². The van der Waals surface area contributed by atoms with Crippen LogP contribution in [0.5, 0.6) is 0 Å². The molecule has 3 heteroatoms. The quantitative estimate of drug-likeness (QED) is 0.697. The lowest BCUT2D eigenvalue weighted by Crippen LogP contribution is -2.22. The second-order valence-corrected chi connectivity index (χ2v) is 5.28. The molecule has 1 aromatic rings. The molecule has 0 aliphatic rings. The third-order valence-corrected chi connectivity index (χ3v) is 3.67. The minimum absolute atomic E-state index is 0.511. The zero-order valence-electron chi connectivity index (χ0n) is 11.4. The van der Waals surface area contributed by atoms with Crippen LogP contribution in [-0.2, 0) is 4.74 Å². The van der Waals surface area contributed by atoms with Crippen LogP contribution < -0.4 is 5.32 Å². The predicted octanol–water partition coefficient (Wildman–Crippen LogP) is 3.96. The molecule has 1 N–H and O–H groups in total. The highest BCUT2D eigenvalue weighted by molar-refractivity contribution is 9.10. The molecule has 0 aliphatic carbocycles. The van der Waals surface area contributed by atoms with Crippen molar-refractivity contribution in [2.45, 2.75) is 32.6 Å². The Kier molecular flexibility index (Phi) is 8.31. The number of halogens is 1. The van der Waals surface area contributed by atoms with E-state index in [2.05, 4.69) is 59.4 Å². The fourth-order valence-corrected chi connectivity index (χ4v) is 2.57. The molecule has 2 nitrogen and oxygen atoms in total. The van der Waals surface area contributed by atoms with Crippen molar-refractivity contribution in [2.75, 3.05) is 26.3 Å². The first-order chi connectivity index (χ1) is 8.79. The first-order valence-electron chi connectivity index (χ1n) is 6.82. The summed E-state index contributed by atoms with van der Waals surface area (Å²) in [4.78, 5) is 0. The van der Waals surface area contributed by atoms with E-state index >= 15 is 0 Å². The van der Waals surface area contributed by atoms with Crippen molar-refractivity contribution < 1.29 is 4.74 Å². The van der Waals surface area contributed by atoms with Gasteiger partial charge >= 0.3 is 0 Å². The largest absolute Gasteiger partial charge is 0.381 e. The van der Waals surface area contributed by atoms with Crippen LogP contribution in [-0.4, -0.2) is 26.3 Å². The summed E-state index contributed by atoms with van der Waals surface area (Å²) >= 11 is 3.64. The molecule has 1 aromatic carbocycles. The van der Waals surface area contributed by atoms with Crippen molar-refractivity contribution >= 4 is 15.9 Å². The topological polar surface area (TPSA) is 21.3 Å². The Morgan fingerprint density at radius 3 is 2.67 bits per heavy atom. The minimum Gasteiger partial charge on any atom is -0.381 e. The zero-order valence-corrected chi connectivity index (χ0v) is 13.0. The molecule has 0 heterocycles. The van der Waals surface area contributed by atoms with Gasteiger partial charge in [-0.15, -0.1) is 0 Å². The lowest BCUT2D eigenvalue weighted by atomic mass is 9.96. The molecule has 0 aliphatic heterocycles. The van der Waals surface area contributed by atoms with Gasteiger partial charge in [-0.2, -0.15) is 0 Å². The Bertz CT molecular complexity index is 330. The van der Waals surface area contributed by atoms with Gasteiger partial charge in [-0.05, 0) is 36.9 Å². The number of nitrogens with one attached hydrogen (secondary N) is 1. The van der Waals surface area contributed by atoms with E-state index in [4.69, 9.17) is 4.74 Å². The first-order valence-corrected chi connectivity index (χ1v) is 7.61. The van der Waals surface area contributed by atoms with Crippen LogP contribution in [0, 0.1) is 0 Å². The molecule has 0 bridgehead atoms. The van der Waals surface area contributed by atoms with E-state index in [0.29, 0.717) is 5.92 Å². The average molecular weight is 314 g/mol. The van der Waals surface area contributed by atoms with Crippen LogP contribution in [0.2, 0.25) is 0 Å². The van der Waals surface area contributed by atoms with Crippen molar-refractivity contribution in [3.05, 3.63) is 34.3 Å². The number of ether oxygens (including phenoxy) is 1. The smallest absolute Gasteiger partial charge is 0.0472 e. The van der Waals surface area contributed by atoms with E-state index in [-0.39, 0.29) is 0 Å². The SMILES string of the molecule is CCCOCCC(CNCC)c1ccccc1Br. The molecular weight excluding hydrogens is 290 g/mol. The van der Waals surface area contributed by atoms with Gasteiger partial charge < -0.3 is 10.1 Å². The highest BCUT2D eigenvalue weighted by Crippen LogP contribution is 2.26. The molecule has 1 atom stereocenters. The predicted molar refractivity (Wildman–Crippen MR) is 81.2 cm³/mol. The molecule has 0 amide bonds. The lowest BCUT2D eigenvalue weighted by Gasteiger charge is -2.19. The van der Waals surface area contributed by atoms with E-state index in [1.807, 2.05) is 0 Å². The molecule has 0 fully saturated rings. The number of likely N-dealkylation sites (N-methyl/N-ethyl adjacent to an activating group) is 1. The van der Waals surface area contributed by atoms with E-state index < -0.39 is 0 Å². The highest BCUT2D eigenvalue weighted by atomic mass is 79.9. The summed E-state index contributed by atoms with van der Waals surface area (Å²) in [6, 6.07) is 8.48. The van der Waals surface area contributed by atoms with Crippen LogP contribution in [0.15, 0.2) is 28.7 Å². The molecule has 1 rings (SSSR count). The molecule has 0 aromatic heterocycles. The van der Waals surface area contributed by atoms with Crippen molar-refractivity contribution in [2.24, 2.45) is 0 Å². The van der Waals surface area contributed by atoms with Crippen molar-refractivity contribution in [1.29, 1.82) is 0 Å². The molecule has 0 radical (unpaired) electrons. The Morgan fingerprint density at radius 2 is 2.00 bits per heavy atom. The fraction of sp³-hybridized carbons (Fsp3) is 0.600. The summed E-state index contributed by atoms with van der Waals surface area (Å²) in [5, 5.41) is 3.44. The van der Waals surface area contributed by atoms with Crippen LogP contribution in [0.1, 0.15) is 38.2 Å². The maximum Gasteiger partial charge on any atom is 0.0472 e. The van der Waals surface area contributed by atoms with Crippen molar-refractivity contribution in [3.63, 3.8) is 0 Å². The van der Waals surface area contributed by atoms with E-state index in [1.54, 1.807) is 0 Å². The second kappa shape index (κ2) is 9.54. The maximum atomic E-state index is 5.61. The summed E-state index contributed by atoms with van der Waals surface area (Å²) in [6.45, 7) is 8.01. The van der Waals surface area contributed by atoms with Gasteiger partial charge in [0, 0.05) is 24.2 Å². The monoisotopic (exact) mass is 313 g/mol. The number of rotatable bonds is 9. The molecule has 0 spiro atoms. The van der Waals surface area contributed by atoms with Crippen LogP contribution in [0.25, 0.3) is 0 Å². The van der Waals surface area contributed by atoms with Crippen LogP contribution in [0.4, 0.5) is 0 Å². The third-order valence-electron chi connectivity index (χ3n) is 2.94. The lowest BCUT2D eigenvalue weighted by molar-refractivity contribution is 0.127. The Hall–Kier alpha value is -0.380. The molecule has 1 unspecified atom stereocenters. The Morgan fingerprint density at radius 1 is 1.22 bits per heavy atom. The van der Waals surface area contributed by atoms with E-state index in [0.717, 1.165) is 39.1 Å². The summed E-state index contributed by atoms with van der Waals surface area (Å²) in [5.41, 5.74) is 1.37. The van der Waals surface area contributed by atoms with E-state index in [9.17, 15) is 0 Å². The summed E-state index contributed by atoms with van der Waals surface area (Å²) in [6.07, 6.45) is 2.16. The number of benzene rings is 1. The van der Waals surface area contributed by atoms with Gasteiger partial charge in [-0.25, -0.2) is 0 Å². The Balaban J connectivity index is 2.57. The molecular formula is C15H24BrNO. The normalized spacial score (nSPS) is 12.6. The molecule has 18 heavy (non-hydrogen) atoms. The minimum atomic E-state index is 0.511. The van der Waals surface area contributed by atoms with Crippen LogP contribution >= 0.6 is 15.9 Å². The maximum absolute atomic E-state index is 5.61. The van der Waals surface area contributed by atoms with Gasteiger partial charge in [0.1, 0.15) is 0 Å². The van der Waals surface area contributed by atoms with Gasteiger partial charge in [-0.1, -0.05) is 48.0 Å².